The highest BCUT2D eigenvalue weighted by atomic mass is 32.2. The summed E-state index contributed by atoms with van der Waals surface area (Å²) >= 11 is 0. The molecule has 1 fully saturated rings. The van der Waals surface area contributed by atoms with E-state index in [1.165, 1.54) is 16.4 Å². The summed E-state index contributed by atoms with van der Waals surface area (Å²) in [7, 11) is -1.95. The summed E-state index contributed by atoms with van der Waals surface area (Å²) in [6.45, 7) is 0.468. The second-order valence-electron chi connectivity index (χ2n) is 7.40. The lowest BCUT2D eigenvalue weighted by Crippen LogP contribution is -2.43. The van der Waals surface area contributed by atoms with Crippen molar-refractivity contribution < 1.29 is 17.6 Å². The zero-order chi connectivity index (χ0) is 19.9. The molecule has 0 unspecified atom stereocenters. The average molecular weight is 406 g/mol. The van der Waals surface area contributed by atoms with Gasteiger partial charge in [-0.15, -0.1) is 0 Å². The van der Waals surface area contributed by atoms with Crippen molar-refractivity contribution in [2.24, 2.45) is 13.0 Å². The molecule has 2 aliphatic rings. The number of piperidine rings is 1. The van der Waals surface area contributed by atoms with Crippen molar-refractivity contribution in [1.29, 1.82) is 0 Å². The van der Waals surface area contributed by atoms with Crippen molar-refractivity contribution in [1.82, 2.24) is 14.1 Å². The minimum absolute atomic E-state index is 0.0411. The molecule has 2 aromatic rings. The molecule has 1 aliphatic heterocycles. The van der Waals surface area contributed by atoms with Crippen LogP contribution in [0.2, 0.25) is 0 Å². The third kappa shape index (κ3) is 3.44. The van der Waals surface area contributed by atoms with Crippen LogP contribution < -0.4 is 5.32 Å². The highest BCUT2D eigenvalue weighted by molar-refractivity contribution is 7.89. The molecule has 0 spiro atoms. The second-order valence-corrected chi connectivity index (χ2v) is 9.33. The molecule has 1 atom stereocenters. The maximum Gasteiger partial charge on any atom is 0.243 e. The van der Waals surface area contributed by atoms with Crippen LogP contribution in [0.4, 0.5) is 10.2 Å². The minimum atomic E-state index is -3.76. The maximum atomic E-state index is 13.1. The number of nitrogens with zero attached hydrogens (tertiary/aromatic N) is 3. The molecule has 28 heavy (non-hydrogen) atoms. The number of fused-ring (bicyclic) bond motifs is 1. The quantitative estimate of drug-likeness (QED) is 0.843. The van der Waals surface area contributed by atoms with Gasteiger partial charge in [0.1, 0.15) is 11.6 Å². The molecule has 0 radical (unpaired) electrons. The number of hydrogen-bond donors (Lipinski definition) is 1. The van der Waals surface area contributed by atoms with Gasteiger partial charge < -0.3 is 5.32 Å². The van der Waals surface area contributed by atoms with E-state index in [0.29, 0.717) is 19.4 Å². The van der Waals surface area contributed by atoms with Gasteiger partial charge in [-0.2, -0.15) is 9.40 Å². The van der Waals surface area contributed by atoms with Crippen molar-refractivity contribution in [2.45, 2.75) is 37.0 Å². The van der Waals surface area contributed by atoms with E-state index < -0.39 is 21.8 Å². The van der Waals surface area contributed by atoms with Gasteiger partial charge in [0, 0.05) is 25.7 Å². The van der Waals surface area contributed by atoms with Crippen molar-refractivity contribution >= 4 is 21.7 Å². The Morgan fingerprint density at radius 2 is 1.96 bits per heavy atom. The molecule has 1 aromatic carbocycles. The Bertz CT molecular complexity index is 1000. The van der Waals surface area contributed by atoms with Crippen molar-refractivity contribution in [3.63, 3.8) is 0 Å². The lowest BCUT2D eigenvalue weighted by atomic mass is 9.99. The molecular formula is C19H23FN4O3S. The molecular weight excluding hydrogens is 383 g/mol. The molecule has 1 aromatic heterocycles. The summed E-state index contributed by atoms with van der Waals surface area (Å²) in [4.78, 5) is 12.9. The Kier molecular flexibility index (Phi) is 4.96. The molecule has 1 saturated heterocycles. The topological polar surface area (TPSA) is 84.3 Å². The zero-order valence-corrected chi connectivity index (χ0v) is 16.5. The number of amides is 1. The van der Waals surface area contributed by atoms with Crippen LogP contribution in [0.1, 0.15) is 30.5 Å². The smallest absolute Gasteiger partial charge is 0.243 e. The SMILES string of the molecule is Cn1nc2c(c1NC(=O)[C@@H]1CCCN(S(=O)(=O)c3ccc(F)cc3)C1)CCC2. The van der Waals surface area contributed by atoms with Crippen molar-refractivity contribution in [3.05, 3.63) is 41.3 Å². The van der Waals surface area contributed by atoms with Gasteiger partial charge in [0.15, 0.2) is 0 Å². The van der Waals surface area contributed by atoms with Crippen LogP contribution in [0, 0.1) is 11.7 Å². The molecule has 7 nitrogen and oxygen atoms in total. The van der Waals surface area contributed by atoms with Crippen LogP contribution in [0.25, 0.3) is 0 Å². The lowest BCUT2D eigenvalue weighted by molar-refractivity contribution is -0.120. The first kappa shape index (κ1) is 19.1. The monoisotopic (exact) mass is 406 g/mol. The summed E-state index contributed by atoms with van der Waals surface area (Å²) in [5.41, 5.74) is 2.12. The van der Waals surface area contributed by atoms with Crippen molar-refractivity contribution in [2.75, 3.05) is 18.4 Å². The predicted octanol–water partition coefficient (Wildman–Crippen LogP) is 2.09. The average Bonchev–Trinajstić information content (AvgIpc) is 3.24. The van der Waals surface area contributed by atoms with E-state index in [4.69, 9.17) is 0 Å². The fourth-order valence-corrected chi connectivity index (χ4v) is 5.55. The molecule has 0 saturated carbocycles. The Hall–Kier alpha value is -2.26. The molecule has 150 valence electrons. The fourth-order valence-electron chi connectivity index (χ4n) is 4.03. The van der Waals surface area contributed by atoms with Gasteiger partial charge in [-0.1, -0.05) is 0 Å². The Morgan fingerprint density at radius 3 is 2.71 bits per heavy atom. The van der Waals surface area contributed by atoms with E-state index in [2.05, 4.69) is 10.4 Å². The molecule has 0 bridgehead atoms. The predicted molar refractivity (Wildman–Crippen MR) is 102 cm³/mol. The van der Waals surface area contributed by atoms with Gasteiger partial charge in [0.05, 0.1) is 16.5 Å². The van der Waals surface area contributed by atoms with E-state index in [1.807, 2.05) is 0 Å². The number of carbonyl (C=O) groups is 1. The summed E-state index contributed by atoms with van der Waals surface area (Å²) in [6, 6.07) is 4.77. The second kappa shape index (κ2) is 7.29. The number of aryl methyl sites for hydroxylation is 2. The molecule has 1 amide bonds. The van der Waals surface area contributed by atoms with Crippen LogP contribution in [0.5, 0.6) is 0 Å². The summed E-state index contributed by atoms with van der Waals surface area (Å²) in [5.74, 6) is -0.387. The highest BCUT2D eigenvalue weighted by Gasteiger charge is 2.34. The number of anilines is 1. The maximum absolute atomic E-state index is 13.1. The fraction of sp³-hybridized carbons (Fsp3) is 0.474. The Balaban J connectivity index is 1.49. The van der Waals surface area contributed by atoms with Gasteiger partial charge in [0.2, 0.25) is 15.9 Å². The first-order valence-electron chi connectivity index (χ1n) is 9.47. The van der Waals surface area contributed by atoms with Crippen LogP contribution in [0.15, 0.2) is 29.2 Å². The summed E-state index contributed by atoms with van der Waals surface area (Å²) in [5, 5.41) is 7.43. The van der Waals surface area contributed by atoms with Gasteiger partial charge in [-0.25, -0.2) is 12.8 Å². The Labute approximate surface area is 163 Å². The third-order valence-electron chi connectivity index (χ3n) is 5.52. The normalized spacial score (nSPS) is 20.1. The molecule has 4 rings (SSSR count). The number of aromatic nitrogens is 2. The molecule has 1 aliphatic carbocycles. The van der Waals surface area contributed by atoms with E-state index in [0.717, 1.165) is 48.5 Å². The number of halogens is 1. The number of sulfonamides is 1. The lowest BCUT2D eigenvalue weighted by Gasteiger charge is -2.31. The molecule has 9 heteroatoms. The van der Waals surface area contributed by atoms with Crippen LogP contribution in [-0.2, 0) is 34.7 Å². The molecule has 2 heterocycles. The summed E-state index contributed by atoms with van der Waals surface area (Å²) < 4.78 is 41.8. The van der Waals surface area contributed by atoms with E-state index in [9.17, 15) is 17.6 Å². The number of benzene rings is 1. The van der Waals surface area contributed by atoms with Crippen LogP contribution in [0.3, 0.4) is 0 Å². The largest absolute Gasteiger partial charge is 0.310 e. The standard InChI is InChI=1S/C19H23FN4O3S/c1-23-18(16-5-2-6-17(16)22-23)21-19(25)13-4-3-11-24(12-13)28(26,27)15-9-7-14(20)8-10-15/h7-10,13H,2-6,11-12H2,1H3,(H,21,25)/t13-/m1/s1. The van der Waals surface area contributed by atoms with Gasteiger partial charge in [-0.3, -0.25) is 9.48 Å². The van der Waals surface area contributed by atoms with Crippen LogP contribution >= 0.6 is 0 Å². The summed E-state index contributed by atoms with van der Waals surface area (Å²) in [6.07, 6.45) is 4.08. The molecule has 1 N–H and O–H groups in total. The highest BCUT2D eigenvalue weighted by Crippen LogP contribution is 2.30. The number of nitrogens with one attached hydrogen (secondary N) is 1. The first-order chi connectivity index (χ1) is 13.4. The van der Waals surface area contributed by atoms with Crippen molar-refractivity contribution in [3.8, 4) is 0 Å². The number of carbonyl (C=O) groups excluding carboxylic acids is 1. The minimum Gasteiger partial charge on any atom is -0.310 e. The first-order valence-corrected chi connectivity index (χ1v) is 10.9. The number of hydrogen-bond acceptors (Lipinski definition) is 4. The zero-order valence-electron chi connectivity index (χ0n) is 15.7. The van der Waals surface area contributed by atoms with Gasteiger partial charge >= 0.3 is 0 Å². The van der Waals surface area contributed by atoms with E-state index in [1.54, 1.807) is 11.7 Å². The number of rotatable bonds is 4. The van der Waals surface area contributed by atoms with E-state index >= 15 is 0 Å². The van der Waals surface area contributed by atoms with E-state index in [-0.39, 0.29) is 17.3 Å². The Morgan fingerprint density at radius 1 is 1.21 bits per heavy atom. The third-order valence-corrected chi connectivity index (χ3v) is 7.40. The van der Waals surface area contributed by atoms with Gasteiger partial charge in [0.25, 0.3) is 0 Å². The van der Waals surface area contributed by atoms with Crippen LogP contribution in [-0.4, -0.2) is 41.5 Å². The van der Waals surface area contributed by atoms with Gasteiger partial charge in [-0.05, 0) is 56.4 Å².